The Hall–Kier alpha value is -2.07. The molecule has 2 aromatic rings. The average molecular weight is 345 g/mol. The Labute approximate surface area is 147 Å². The van der Waals surface area contributed by atoms with E-state index in [0.717, 1.165) is 16.8 Å². The molecule has 3 rings (SSSR count). The number of aromatic nitrogens is 1. The average Bonchev–Trinajstić information content (AvgIpc) is 2.84. The zero-order valence-corrected chi connectivity index (χ0v) is 14.9. The fourth-order valence-electron chi connectivity index (χ4n) is 2.92. The van der Waals surface area contributed by atoms with Crippen molar-refractivity contribution in [3.8, 4) is 0 Å². The molecule has 0 spiro atoms. The second-order valence-corrected chi connectivity index (χ2v) is 7.45. The van der Waals surface area contributed by atoms with Crippen molar-refractivity contribution in [1.82, 2.24) is 9.88 Å². The van der Waals surface area contributed by atoms with Crippen LogP contribution in [0, 0.1) is 0 Å². The van der Waals surface area contributed by atoms with E-state index >= 15 is 0 Å². The van der Waals surface area contributed by atoms with Gasteiger partial charge in [-0.25, -0.2) is 4.79 Å². The molecule has 1 amide bonds. The van der Waals surface area contributed by atoms with Crippen LogP contribution in [0.15, 0.2) is 42.6 Å². The van der Waals surface area contributed by atoms with Crippen LogP contribution >= 0.6 is 11.6 Å². The molecule has 0 saturated heterocycles. The van der Waals surface area contributed by atoms with Crippen molar-refractivity contribution in [3.05, 3.63) is 64.4 Å². The molecule has 24 heavy (non-hydrogen) atoms. The smallest absolute Gasteiger partial charge is 0.411 e. The van der Waals surface area contributed by atoms with Gasteiger partial charge in [-0.1, -0.05) is 41.9 Å². The summed E-state index contributed by atoms with van der Waals surface area (Å²) in [4.78, 5) is 18.9. The Morgan fingerprint density at radius 1 is 1.33 bits per heavy atom. The largest absolute Gasteiger partial charge is 0.444 e. The molecule has 0 fully saturated rings. The molecule has 1 aromatic carbocycles. The van der Waals surface area contributed by atoms with Crippen molar-refractivity contribution < 1.29 is 9.53 Å². The number of carbonyl (C=O) groups is 1. The Balaban J connectivity index is 1.91. The van der Waals surface area contributed by atoms with Crippen LogP contribution in [0.2, 0.25) is 5.02 Å². The van der Waals surface area contributed by atoms with E-state index in [-0.39, 0.29) is 12.1 Å². The molecular formula is C19H21ClN2O2. The monoisotopic (exact) mass is 344 g/mol. The van der Waals surface area contributed by atoms with Crippen LogP contribution in [0.25, 0.3) is 0 Å². The Kier molecular flexibility index (Phi) is 4.50. The molecule has 1 atom stereocenters. The molecule has 1 unspecified atom stereocenters. The Morgan fingerprint density at radius 2 is 2.04 bits per heavy atom. The van der Waals surface area contributed by atoms with Gasteiger partial charge < -0.3 is 4.74 Å². The first-order valence-corrected chi connectivity index (χ1v) is 8.39. The third kappa shape index (κ3) is 3.70. The fraction of sp³-hybridized carbons (Fsp3) is 0.368. The summed E-state index contributed by atoms with van der Waals surface area (Å²) >= 11 is 6.07. The lowest BCUT2D eigenvalue weighted by atomic mass is 10.0. The van der Waals surface area contributed by atoms with Gasteiger partial charge in [-0.2, -0.15) is 0 Å². The zero-order chi connectivity index (χ0) is 17.3. The lowest BCUT2D eigenvalue weighted by Gasteiger charge is -2.28. The first-order valence-electron chi connectivity index (χ1n) is 8.01. The quantitative estimate of drug-likeness (QED) is 0.788. The van der Waals surface area contributed by atoms with E-state index in [1.54, 1.807) is 11.1 Å². The van der Waals surface area contributed by atoms with Crippen LogP contribution in [0.4, 0.5) is 4.79 Å². The van der Waals surface area contributed by atoms with E-state index in [2.05, 4.69) is 17.1 Å². The van der Waals surface area contributed by atoms with Crippen molar-refractivity contribution in [3.63, 3.8) is 0 Å². The number of nitrogens with zero attached hydrogens (tertiary/aromatic N) is 2. The summed E-state index contributed by atoms with van der Waals surface area (Å²) in [6.45, 7) is 6.08. The standard InChI is InChI=1S/C19H21ClN2O2/c1-19(2,3)24-18(23)22-12-14-10-15(20)11-21-17(14)16(22)9-13-7-5-4-6-8-13/h4-8,10-11,16H,9,12H2,1-3H3. The highest BCUT2D eigenvalue weighted by molar-refractivity contribution is 6.30. The summed E-state index contributed by atoms with van der Waals surface area (Å²) in [5.41, 5.74) is 2.50. The summed E-state index contributed by atoms with van der Waals surface area (Å²) in [5.74, 6) is 0. The number of pyridine rings is 1. The van der Waals surface area contributed by atoms with Crippen LogP contribution in [0.3, 0.4) is 0 Å². The number of rotatable bonds is 2. The van der Waals surface area contributed by atoms with Gasteiger partial charge in [0.2, 0.25) is 0 Å². The van der Waals surface area contributed by atoms with E-state index < -0.39 is 5.60 Å². The Bertz CT molecular complexity index is 741. The molecule has 2 heterocycles. The molecule has 5 heteroatoms. The second kappa shape index (κ2) is 6.44. The first kappa shape index (κ1) is 16.8. The molecular weight excluding hydrogens is 324 g/mol. The van der Waals surface area contributed by atoms with E-state index in [9.17, 15) is 4.79 Å². The number of carbonyl (C=O) groups excluding carboxylic acids is 1. The van der Waals surface area contributed by atoms with Gasteiger partial charge in [0.15, 0.2) is 0 Å². The van der Waals surface area contributed by atoms with Crippen molar-refractivity contribution in [2.75, 3.05) is 0 Å². The van der Waals surface area contributed by atoms with E-state index in [1.165, 1.54) is 0 Å². The molecule has 0 N–H and O–H groups in total. The van der Waals surface area contributed by atoms with Crippen LogP contribution in [-0.4, -0.2) is 21.6 Å². The molecule has 0 aliphatic carbocycles. The van der Waals surface area contributed by atoms with E-state index in [1.807, 2.05) is 45.0 Å². The summed E-state index contributed by atoms with van der Waals surface area (Å²) in [6.07, 6.45) is 2.01. The van der Waals surface area contributed by atoms with Crippen LogP contribution in [-0.2, 0) is 17.7 Å². The molecule has 0 bridgehead atoms. The summed E-state index contributed by atoms with van der Waals surface area (Å²) in [7, 11) is 0. The molecule has 1 aromatic heterocycles. The van der Waals surface area contributed by atoms with Gasteiger partial charge in [-0.15, -0.1) is 0 Å². The summed E-state index contributed by atoms with van der Waals surface area (Å²) < 4.78 is 5.58. The summed E-state index contributed by atoms with van der Waals surface area (Å²) in [6, 6.07) is 11.8. The third-order valence-corrected chi connectivity index (χ3v) is 4.11. The number of hydrogen-bond acceptors (Lipinski definition) is 3. The maximum atomic E-state index is 12.7. The topological polar surface area (TPSA) is 42.4 Å². The predicted octanol–water partition coefficient (Wildman–Crippen LogP) is 4.77. The third-order valence-electron chi connectivity index (χ3n) is 3.90. The Morgan fingerprint density at radius 3 is 2.71 bits per heavy atom. The number of hydrogen-bond donors (Lipinski definition) is 0. The minimum Gasteiger partial charge on any atom is -0.444 e. The highest BCUT2D eigenvalue weighted by Gasteiger charge is 2.37. The molecule has 1 aliphatic heterocycles. The number of fused-ring (bicyclic) bond motifs is 1. The van der Waals surface area contributed by atoms with Crippen LogP contribution in [0.5, 0.6) is 0 Å². The molecule has 0 radical (unpaired) electrons. The minimum absolute atomic E-state index is 0.144. The predicted molar refractivity (Wildman–Crippen MR) is 93.9 cm³/mol. The van der Waals surface area contributed by atoms with Crippen molar-refractivity contribution >= 4 is 17.7 Å². The van der Waals surface area contributed by atoms with Crippen molar-refractivity contribution in [1.29, 1.82) is 0 Å². The minimum atomic E-state index is -0.534. The number of amides is 1. The normalized spacial score (nSPS) is 16.8. The van der Waals surface area contributed by atoms with Gasteiger partial charge in [0.1, 0.15) is 5.60 Å². The number of halogens is 1. The first-order chi connectivity index (χ1) is 11.3. The summed E-state index contributed by atoms with van der Waals surface area (Å²) in [5, 5.41) is 0.582. The maximum absolute atomic E-state index is 12.7. The molecule has 4 nitrogen and oxygen atoms in total. The lowest BCUT2D eigenvalue weighted by Crippen LogP contribution is -2.36. The van der Waals surface area contributed by atoms with Gasteiger partial charge >= 0.3 is 6.09 Å². The van der Waals surface area contributed by atoms with Gasteiger partial charge in [0.25, 0.3) is 0 Å². The van der Waals surface area contributed by atoms with Gasteiger partial charge in [0.05, 0.1) is 23.3 Å². The number of benzene rings is 1. The highest BCUT2D eigenvalue weighted by atomic mass is 35.5. The molecule has 0 saturated carbocycles. The fourth-order valence-corrected chi connectivity index (χ4v) is 3.10. The van der Waals surface area contributed by atoms with E-state index in [0.29, 0.717) is 18.0 Å². The molecule has 126 valence electrons. The van der Waals surface area contributed by atoms with Gasteiger partial charge in [-0.05, 0) is 44.4 Å². The van der Waals surface area contributed by atoms with Crippen molar-refractivity contribution in [2.24, 2.45) is 0 Å². The second-order valence-electron chi connectivity index (χ2n) is 7.01. The molecule has 1 aliphatic rings. The van der Waals surface area contributed by atoms with E-state index in [4.69, 9.17) is 16.3 Å². The lowest BCUT2D eigenvalue weighted by molar-refractivity contribution is 0.0170. The van der Waals surface area contributed by atoms with Gasteiger partial charge in [0, 0.05) is 6.20 Å². The zero-order valence-electron chi connectivity index (χ0n) is 14.1. The maximum Gasteiger partial charge on any atom is 0.411 e. The van der Waals surface area contributed by atoms with Crippen LogP contribution < -0.4 is 0 Å². The van der Waals surface area contributed by atoms with Gasteiger partial charge in [-0.3, -0.25) is 9.88 Å². The van der Waals surface area contributed by atoms with Crippen molar-refractivity contribution in [2.45, 2.75) is 45.4 Å². The van der Waals surface area contributed by atoms with Crippen LogP contribution in [0.1, 0.15) is 43.6 Å². The number of ether oxygens (including phenoxy) is 1. The SMILES string of the molecule is CC(C)(C)OC(=O)N1Cc2cc(Cl)cnc2C1Cc1ccccc1. The highest BCUT2D eigenvalue weighted by Crippen LogP contribution is 2.36.